The molecule has 4 nitrogen and oxygen atoms in total. The molecule has 0 amide bonds. The van der Waals surface area contributed by atoms with E-state index in [1.807, 2.05) is 0 Å². The van der Waals surface area contributed by atoms with Gasteiger partial charge in [-0.15, -0.1) is 0 Å². The van der Waals surface area contributed by atoms with Crippen LogP contribution in [-0.4, -0.2) is 40.9 Å². The zero-order valence-electron chi connectivity index (χ0n) is 19.8. The van der Waals surface area contributed by atoms with Gasteiger partial charge in [0.2, 0.25) is 0 Å². The van der Waals surface area contributed by atoms with E-state index in [2.05, 4.69) is 33.8 Å². The monoisotopic (exact) mass is 430 g/mol. The molecule has 0 radical (unpaired) electrons. The summed E-state index contributed by atoms with van der Waals surface area (Å²) in [6, 6.07) is 0. The lowest BCUT2D eigenvalue weighted by Crippen LogP contribution is -2.57. The predicted octanol–water partition coefficient (Wildman–Crippen LogP) is 4.68. The third-order valence-corrected chi connectivity index (χ3v) is 11.4. The van der Waals surface area contributed by atoms with E-state index < -0.39 is 5.79 Å². The second-order valence-electron chi connectivity index (χ2n) is 12.7. The van der Waals surface area contributed by atoms with Crippen molar-refractivity contribution in [3.63, 3.8) is 0 Å². The van der Waals surface area contributed by atoms with E-state index in [0.717, 1.165) is 45.1 Å². The summed E-state index contributed by atoms with van der Waals surface area (Å²) < 4.78 is 13.2. The molecule has 1 spiro atoms. The van der Waals surface area contributed by atoms with Crippen molar-refractivity contribution < 1.29 is 19.7 Å². The van der Waals surface area contributed by atoms with E-state index in [4.69, 9.17) is 9.47 Å². The Labute approximate surface area is 187 Å². The maximum absolute atomic E-state index is 11.7. The fourth-order valence-electron chi connectivity index (χ4n) is 9.46. The van der Waals surface area contributed by atoms with Crippen LogP contribution in [0.25, 0.3) is 0 Å². The van der Waals surface area contributed by atoms with Crippen molar-refractivity contribution in [1.29, 1.82) is 0 Å². The summed E-state index contributed by atoms with van der Waals surface area (Å²) >= 11 is 0. The quantitative estimate of drug-likeness (QED) is 0.548. The molecule has 2 aliphatic heterocycles. The van der Waals surface area contributed by atoms with Crippen molar-refractivity contribution >= 4 is 0 Å². The number of ether oxygens (including phenoxy) is 2. The number of aliphatic hydroxyl groups is 2. The van der Waals surface area contributed by atoms with Crippen LogP contribution in [0.15, 0.2) is 11.6 Å². The van der Waals surface area contributed by atoms with Gasteiger partial charge < -0.3 is 19.7 Å². The van der Waals surface area contributed by atoms with Crippen molar-refractivity contribution in [2.45, 2.75) is 103 Å². The molecule has 2 N–H and O–H groups in total. The second-order valence-corrected chi connectivity index (χ2v) is 12.7. The Morgan fingerprint density at radius 2 is 1.81 bits per heavy atom. The van der Waals surface area contributed by atoms with Gasteiger partial charge in [-0.05, 0) is 74.0 Å². The lowest BCUT2D eigenvalue weighted by Gasteiger charge is -2.61. The Bertz CT molecular complexity index is 769. The molecule has 2 saturated heterocycles. The van der Waals surface area contributed by atoms with E-state index in [0.29, 0.717) is 35.5 Å². The molecule has 2 heterocycles. The fraction of sp³-hybridized carbons (Fsp3) is 0.926. The van der Waals surface area contributed by atoms with Crippen LogP contribution in [0.5, 0.6) is 0 Å². The van der Waals surface area contributed by atoms with E-state index >= 15 is 0 Å². The average molecular weight is 431 g/mol. The molecule has 0 aromatic heterocycles. The molecule has 4 aliphatic carbocycles. The van der Waals surface area contributed by atoms with Crippen LogP contribution in [0, 0.1) is 46.3 Å². The molecule has 4 heteroatoms. The molecular weight excluding hydrogens is 388 g/mol. The lowest BCUT2D eigenvalue weighted by atomic mass is 9.45. The SMILES string of the molecule is C[C@H]1CC[C@@]2(OC1)O[C@H]1C=C3[C@@H]4CC[C@H]5C[C@@H](O)CC[C@]5(C)[C@H]4C[C@H](O)[C@]3(C)[C@H]1[C@@H]2C. The molecule has 6 aliphatic rings. The third-order valence-electron chi connectivity index (χ3n) is 11.4. The summed E-state index contributed by atoms with van der Waals surface area (Å²) in [5.41, 5.74) is 1.56. The summed E-state index contributed by atoms with van der Waals surface area (Å²) in [7, 11) is 0. The normalized spacial score (nSPS) is 60.7. The fourth-order valence-corrected chi connectivity index (χ4v) is 9.46. The van der Waals surface area contributed by atoms with Crippen molar-refractivity contribution in [2.75, 3.05) is 6.61 Å². The highest BCUT2D eigenvalue weighted by Gasteiger charge is 2.68. The number of fused-ring (bicyclic) bond motifs is 7. The first-order chi connectivity index (χ1) is 14.7. The van der Waals surface area contributed by atoms with Gasteiger partial charge in [0.25, 0.3) is 0 Å². The molecule has 0 aromatic carbocycles. The zero-order chi connectivity index (χ0) is 21.8. The van der Waals surface area contributed by atoms with E-state index in [1.165, 1.54) is 18.4 Å². The van der Waals surface area contributed by atoms with E-state index in [1.54, 1.807) is 0 Å². The minimum Gasteiger partial charge on any atom is -0.393 e. The Morgan fingerprint density at radius 1 is 1.00 bits per heavy atom. The molecule has 0 aromatic rings. The molecule has 12 atom stereocenters. The van der Waals surface area contributed by atoms with E-state index in [-0.39, 0.29) is 29.1 Å². The number of hydrogen-bond donors (Lipinski definition) is 2. The summed E-state index contributed by atoms with van der Waals surface area (Å²) in [5.74, 6) is 2.46. The van der Waals surface area contributed by atoms with Gasteiger partial charge >= 0.3 is 0 Å². The minimum absolute atomic E-state index is 0.0792. The average Bonchev–Trinajstić information content (AvgIpc) is 3.18. The number of hydrogen-bond acceptors (Lipinski definition) is 4. The summed E-state index contributed by atoms with van der Waals surface area (Å²) in [6.45, 7) is 10.2. The smallest absolute Gasteiger partial charge is 0.172 e. The summed E-state index contributed by atoms with van der Waals surface area (Å²) in [5, 5.41) is 22.0. The predicted molar refractivity (Wildman–Crippen MR) is 119 cm³/mol. The third kappa shape index (κ3) is 2.68. The zero-order valence-corrected chi connectivity index (χ0v) is 19.8. The highest BCUT2D eigenvalue weighted by Crippen LogP contribution is 2.69. The molecule has 0 bridgehead atoms. The van der Waals surface area contributed by atoms with Gasteiger partial charge in [-0.1, -0.05) is 39.3 Å². The van der Waals surface area contributed by atoms with Crippen LogP contribution < -0.4 is 0 Å². The standard InChI is InChI=1S/C27H42O4/c1-15-7-10-27(30-14-15)16(2)24-22(31-27)12-21-19-6-5-17-11-18(28)8-9-25(17,3)20(19)13-23(29)26(21,24)4/h12,15-20,22-24,28-29H,5-11,13-14H2,1-4H3/t15-,16-,17-,18-,19+,20-,22-,23-,24-,25-,26+,27+/m0/s1. The van der Waals surface area contributed by atoms with Crippen molar-refractivity contribution in [2.24, 2.45) is 46.3 Å². The molecule has 3 saturated carbocycles. The highest BCUT2D eigenvalue weighted by atomic mass is 16.7. The first-order valence-corrected chi connectivity index (χ1v) is 13.1. The van der Waals surface area contributed by atoms with Crippen LogP contribution in [0.2, 0.25) is 0 Å². The van der Waals surface area contributed by atoms with Crippen LogP contribution in [0.4, 0.5) is 0 Å². The van der Waals surface area contributed by atoms with Crippen LogP contribution >= 0.6 is 0 Å². The minimum atomic E-state index is -0.452. The Hall–Kier alpha value is -0.420. The maximum atomic E-state index is 11.7. The van der Waals surface area contributed by atoms with Crippen molar-refractivity contribution in [1.82, 2.24) is 0 Å². The van der Waals surface area contributed by atoms with Crippen LogP contribution in [0.1, 0.15) is 79.1 Å². The van der Waals surface area contributed by atoms with Crippen molar-refractivity contribution in [3.05, 3.63) is 11.6 Å². The first-order valence-electron chi connectivity index (χ1n) is 13.1. The molecule has 174 valence electrons. The Morgan fingerprint density at radius 3 is 2.55 bits per heavy atom. The molecule has 0 unspecified atom stereocenters. The molecule has 31 heavy (non-hydrogen) atoms. The van der Waals surface area contributed by atoms with Crippen LogP contribution in [-0.2, 0) is 9.47 Å². The van der Waals surface area contributed by atoms with Gasteiger partial charge in [-0.2, -0.15) is 0 Å². The van der Waals surface area contributed by atoms with Gasteiger partial charge in [0, 0.05) is 23.7 Å². The Kier molecular flexibility index (Phi) is 4.64. The van der Waals surface area contributed by atoms with Gasteiger partial charge in [-0.3, -0.25) is 0 Å². The molecular formula is C27H42O4. The Balaban J connectivity index is 1.33. The number of aliphatic hydroxyl groups excluding tert-OH is 2. The van der Waals surface area contributed by atoms with Crippen LogP contribution in [0.3, 0.4) is 0 Å². The van der Waals surface area contributed by atoms with E-state index in [9.17, 15) is 10.2 Å². The molecule has 6 rings (SSSR count). The largest absolute Gasteiger partial charge is 0.393 e. The van der Waals surface area contributed by atoms with Gasteiger partial charge in [0.05, 0.1) is 24.9 Å². The van der Waals surface area contributed by atoms with Gasteiger partial charge in [-0.25, -0.2) is 0 Å². The van der Waals surface area contributed by atoms with Crippen molar-refractivity contribution in [3.8, 4) is 0 Å². The number of rotatable bonds is 0. The lowest BCUT2D eigenvalue weighted by molar-refractivity contribution is -0.265. The molecule has 5 fully saturated rings. The maximum Gasteiger partial charge on any atom is 0.172 e. The van der Waals surface area contributed by atoms with Gasteiger partial charge in [0.15, 0.2) is 5.79 Å². The highest BCUT2D eigenvalue weighted by molar-refractivity contribution is 5.36. The second kappa shape index (κ2) is 6.81. The summed E-state index contributed by atoms with van der Waals surface area (Å²) in [4.78, 5) is 0. The van der Waals surface area contributed by atoms with Gasteiger partial charge in [0.1, 0.15) is 0 Å². The summed E-state index contributed by atoms with van der Waals surface area (Å²) in [6.07, 6.45) is 10.5. The first kappa shape index (κ1) is 21.1. The topological polar surface area (TPSA) is 58.9 Å².